The Labute approximate surface area is 165 Å². The second-order valence-corrected chi connectivity index (χ2v) is 6.82. The fourth-order valence-electron chi connectivity index (χ4n) is 3.14. The Hall–Kier alpha value is -3.42. The molecule has 0 bridgehead atoms. The average Bonchev–Trinajstić information content (AvgIpc) is 3.07. The molecule has 148 valence electrons. The van der Waals surface area contributed by atoms with Gasteiger partial charge in [0.2, 0.25) is 0 Å². The maximum Gasteiger partial charge on any atom is 0.435 e. The minimum Gasteiger partial charge on any atom is -0.366 e. The summed E-state index contributed by atoms with van der Waals surface area (Å²) < 4.78 is 42.6. The molecule has 1 aromatic carbocycles. The van der Waals surface area contributed by atoms with Gasteiger partial charge in [0.15, 0.2) is 11.3 Å². The van der Waals surface area contributed by atoms with E-state index in [1.165, 1.54) is 4.52 Å². The Morgan fingerprint density at radius 3 is 2.48 bits per heavy atom. The highest BCUT2D eigenvalue weighted by molar-refractivity contribution is 5.81. The zero-order valence-corrected chi connectivity index (χ0v) is 15.8. The SMILES string of the molecule is Cc1ccc(-c2c(C(F)(F)F)nn3c(NCc4cccnc4)cc(C)nc23)cc1. The standard InChI is InChI=1S/C21H18F3N5/c1-13-5-7-16(8-6-13)18-19(21(22,23)24)28-29-17(10-14(2)27-20(18)29)26-12-15-4-3-9-25-11-15/h3-11,26H,12H2,1-2H3. The molecule has 3 aromatic heterocycles. The number of aryl methyl sites for hydroxylation is 2. The second-order valence-electron chi connectivity index (χ2n) is 6.82. The lowest BCUT2D eigenvalue weighted by Gasteiger charge is -2.10. The summed E-state index contributed by atoms with van der Waals surface area (Å²) in [6.07, 6.45) is -1.25. The summed E-state index contributed by atoms with van der Waals surface area (Å²) in [6.45, 7) is 4.02. The van der Waals surface area contributed by atoms with Crippen molar-refractivity contribution in [1.82, 2.24) is 19.6 Å². The van der Waals surface area contributed by atoms with Gasteiger partial charge in [-0.05, 0) is 31.0 Å². The third-order valence-corrected chi connectivity index (χ3v) is 4.52. The van der Waals surface area contributed by atoms with Gasteiger partial charge in [0.05, 0.1) is 5.56 Å². The topological polar surface area (TPSA) is 55.1 Å². The van der Waals surface area contributed by atoms with Gasteiger partial charge in [0.25, 0.3) is 0 Å². The normalized spacial score (nSPS) is 11.8. The van der Waals surface area contributed by atoms with Crippen molar-refractivity contribution < 1.29 is 13.2 Å². The Balaban J connectivity index is 1.88. The van der Waals surface area contributed by atoms with Crippen LogP contribution < -0.4 is 5.32 Å². The lowest BCUT2D eigenvalue weighted by molar-refractivity contribution is -0.140. The van der Waals surface area contributed by atoms with Crippen LogP contribution in [0.1, 0.15) is 22.5 Å². The first kappa shape index (κ1) is 18.9. The second kappa shape index (κ2) is 7.20. The van der Waals surface area contributed by atoms with Crippen molar-refractivity contribution in [1.29, 1.82) is 0 Å². The van der Waals surface area contributed by atoms with E-state index in [2.05, 4.69) is 20.4 Å². The summed E-state index contributed by atoms with van der Waals surface area (Å²) >= 11 is 0. The van der Waals surface area contributed by atoms with E-state index in [4.69, 9.17) is 0 Å². The van der Waals surface area contributed by atoms with Crippen molar-refractivity contribution in [3.63, 3.8) is 0 Å². The number of pyridine rings is 1. The molecule has 3 heterocycles. The van der Waals surface area contributed by atoms with E-state index in [1.807, 2.05) is 13.0 Å². The van der Waals surface area contributed by atoms with Gasteiger partial charge < -0.3 is 5.32 Å². The number of hydrogen-bond donors (Lipinski definition) is 1. The van der Waals surface area contributed by atoms with Gasteiger partial charge in [-0.3, -0.25) is 4.98 Å². The maximum atomic E-state index is 13.8. The first-order valence-electron chi connectivity index (χ1n) is 9.00. The summed E-state index contributed by atoms with van der Waals surface area (Å²) in [4.78, 5) is 8.42. The van der Waals surface area contributed by atoms with Gasteiger partial charge in [0.1, 0.15) is 5.82 Å². The van der Waals surface area contributed by atoms with Crippen molar-refractivity contribution in [2.45, 2.75) is 26.6 Å². The monoisotopic (exact) mass is 397 g/mol. The average molecular weight is 397 g/mol. The molecule has 0 aliphatic heterocycles. The summed E-state index contributed by atoms with van der Waals surface area (Å²) in [5.74, 6) is 0.431. The predicted molar refractivity (Wildman–Crippen MR) is 104 cm³/mol. The van der Waals surface area contributed by atoms with Crippen LogP contribution in [0.5, 0.6) is 0 Å². The zero-order valence-electron chi connectivity index (χ0n) is 15.8. The molecule has 0 aliphatic carbocycles. The molecule has 8 heteroatoms. The van der Waals surface area contributed by atoms with Crippen LogP contribution in [-0.4, -0.2) is 19.6 Å². The molecule has 0 fully saturated rings. The van der Waals surface area contributed by atoms with E-state index in [9.17, 15) is 13.2 Å². The van der Waals surface area contributed by atoms with Gasteiger partial charge in [-0.1, -0.05) is 35.9 Å². The minimum atomic E-state index is -4.61. The Morgan fingerprint density at radius 1 is 1.07 bits per heavy atom. The third kappa shape index (κ3) is 3.78. The van der Waals surface area contributed by atoms with Crippen molar-refractivity contribution >= 4 is 11.5 Å². The number of benzene rings is 1. The summed E-state index contributed by atoms with van der Waals surface area (Å²) in [6, 6.07) is 12.2. The minimum absolute atomic E-state index is 0.0226. The Morgan fingerprint density at radius 2 is 1.83 bits per heavy atom. The highest BCUT2D eigenvalue weighted by Gasteiger charge is 2.39. The molecule has 0 amide bonds. The van der Waals surface area contributed by atoms with Gasteiger partial charge in [-0.2, -0.15) is 22.8 Å². The number of aromatic nitrogens is 4. The highest BCUT2D eigenvalue weighted by Crippen LogP contribution is 2.39. The predicted octanol–water partition coefficient (Wildman–Crippen LogP) is 5.04. The number of nitrogens with zero attached hydrogens (tertiary/aromatic N) is 4. The van der Waals surface area contributed by atoms with E-state index >= 15 is 0 Å². The molecule has 4 rings (SSSR count). The largest absolute Gasteiger partial charge is 0.435 e. The van der Waals surface area contributed by atoms with Crippen molar-refractivity contribution in [3.8, 4) is 11.1 Å². The van der Waals surface area contributed by atoms with Crippen LogP contribution in [0, 0.1) is 13.8 Å². The Bertz CT molecular complexity index is 1150. The molecule has 0 unspecified atom stereocenters. The van der Waals surface area contributed by atoms with Crippen molar-refractivity contribution in [2.24, 2.45) is 0 Å². The zero-order chi connectivity index (χ0) is 20.6. The molecule has 0 spiro atoms. The summed E-state index contributed by atoms with van der Waals surface area (Å²) in [5, 5.41) is 7.04. The molecule has 0 saturated carbocycles. The quantitative estimate of drug-likeness (QED) is 0.524. The molecular weight excluding hydrogens is 379 g/mol. The number of anilines is 1. The molecule has 0 aliphatic rings. The first-order valence-corrected chi connectivity index (χ1v) is 9.00. The fraction of sp³-hybridized carbons (Fsp3) is 0.190. The maximum absolute atomic E-state index is 13.8. The van der Waals surface area contributed by atoms with Gasteiger partial charge in [0, 0.05) is 30.7 Å². The van der Waals surface area contributed by atoms with Gasteiger partial charge in [-0.25, -0.2) is 4.98 Å². The molecule has 29 heavy (non-hydrogen) atoms. The lowest BCUT2D eigenvalue weighted by Crippen LogP contribution is -2.09. The van der Waals surface area contributed by atoms with Crippen LogP contribution in [0.3, 0.4) is 0 Å². The fourth-order valence-corrected chi connectivity index (χ4v) is 3.14. The van der Waals surface area contributed by atoms with Crippen molar-refractivity contribution in [2.75, 3.05) is 5.32 Å². The van der Waals surface area contributed by atoms with Crippen LogP contribution in [0.2, 0.25) is 0 Å². The Kier molecular flexibility index (Phi) is 4.70. The summed E-state index contributed by atoms with van der Waals surface area (Å²) in [7, 11) is 0. The van der Waals surface area contributed by atoms with Crippen LogP contribution in [0.4, 0.5) is 19.0 Å². The number of rotatable bonds is 4. The number of alkyl halides is 3. The lowest BCUT2D eigenvalue weighted by atomic mass is 10.0. The van der Waals surface area contributed by atoms with Crippen LogP contribution in [0.25, 0.3) is 16.8 Å². The van der Waals surface area contributed by atoms with Crippen LogP contribution in [0.15, 0.2) is 54.9 Å². The van der Waals surface area contributed by atoms with E-state index in [0.717, 1.165) is 11.1 Å². The highest BCUT2D eigenvalue weighted by atomic mass is 19.4. The van der Waals surface area contributed by atoms with E-state index in [-0.39, 0.29) is 11.2 Å². The molecular formula is C21H18F3N5. The number of hydrogen-bond acceptors (Lipinski definition) is 4. The molecule has 1 N–H and O–H groups in total. The molecule has 5 nitrogen and oxygen atoms in total. The number of nitrogens with one attached hydrogen (secondary N) is 1. The van der Waals surface area contributed by atoms with Crippen molar-refractivity contribution in [3.05, 3.63) is 77.4 Å². The smallest absolute Gasteiger partial charge is 0.366 e. The molecule has 4 aromatic rings. The summed E-state index contributed by atoms with van der Waals surface area (Å²) in [5.41, 5.74) is 2.06. The molecule has 0 atom stereocenters. The van der Waals surface area contributed by atoms with Crippen LogP contribution >= 0.6 is 0 Å². The number of fused-ring (bicyclic) bond motifs is 1. The van der Waals surface area contributed by atoms with Gasteiger partial charge >= 0.3 is 6.18 Å². The number of halogens is 3. The molecule has 0 saturated heterocycles. The molecule has 0 radical (unpaired) electrons. The van der Waals surface area contributed by atoms with E-state index in [1.54, 1.807) is 55.7 Å². The van der Waals surface area contributed by atoms with Gasteiger partial charge in [-0.15, -0.1) is 0 Å². The van der Waals surface area contributed by atoms with E-state index < -0.39 is 11.9 Å². The van der Waals surface area contributed by atoms with E-state index in [0.29, 0.717) is 23.6 Å². The first-order chi connectivity index (χ1) is 13.8. The third-order valence-electron chi connectivity index (χ3n) is 4.52. The van der Waals surface area contributed by atoms with Crippen LogP contribution in [-0.2, 0) is 12.7 Å².